The molecule has 0 radical (unpaired) electrons. The van der Waals surface area contributed by atoms with Crippen molar-refractivity contribution >= 4 is 26.7 Å². The second-order valence-electron chi connectivity index (χ2n) is 8.81. The van der Waals surface area contributed by atoms with Gasteiger partial charge in [0.2, 0.25) is 10.0 Å². The first-order chi connectivity index (χ1) is 17.9. The number of methoxy groups -OCH3 is 1. The molecule has 1 aromatic heterocycles. The Balaban J connectivity index is 1.50. The Bertz CT molecular complexity index is 1490. The van der Waals surface area contributed by atoms with Crippen molar-refractivity contribution < 1.29 is 17.9 Å². The summed E-state index contributed by atoms with van der Waals surface area (Å²) in [5, 5.41) is 9.66. The summed E-state index contributed by atoms with van der Waals surface area (Å²) in [6, 6.07) is 20.1. The Morgan fingerprint density at radius 2 is 1.62 bits per heavy atom. The van der Waals surface area contributed by atoms with Crippen molar-refractivity contribution in [1.29, 1.82) is 0 Å². The van der Waals surface area contributed by atoms with Gasteiger partial charge in [0.15, 0.2) is 5.82 Å². The van der Waals surface area contributed by atoms with Crippen LogP contribution in [0.15, 0.2) is 71.6 Å². The SMILES string of the molecule is COc1ccc(-c2nc(NCCN3CCOCC3)c3ccc(-c4ccc(S(N)(=O)=O)cc4)cc3n2)cc1. The number of hydrogen-bond donors (Lipinski definition) is 2. The van der Waals surface area contributed by atoms with E-state index < -0.39 is 10.0 Å². The maximum absolute atomic E-state index is 11.6. The fraction of sp³-hybridized carbons (Fsp3) is 0.259. The van der Waals surface area contributed by atoms with E-state index in [2.05, 4.69) is 10.2 Å². The van der Waals surface area contributed by atoms with Gasteiger partial charge < -0.3 is 14.8 Å². The molecule has 192 valence electrons. The number of nitrogens with two attached hydrogens (primary N) is 1. The molecule has 10 heteroatoms. The van der Waals surface area contributed by atoms with Crippen LogP contribution in [-0.2, 0) is 14.8 Å². The fourth-order valence-corrected chi connectivity index (χ4v) is 4.82. The molecule has 0 bridgehead atoms. The average molecular weight is 520 g/mol. The van der Waals surface area contributed by atoms with Gasteiger partial charge in [0.1, 0.15) is 11.6 Å². The van der Waals surface area contributed by atoms with Crippen LogP contribution in [0.2, 0.25) is 0 Å². The molecule has 3 N–H and O–H groups in total. The monoisotopic (exact) mass is 519 g/mol. The average Bonchev–Trinajstić information content (AvgIpc) is 2.93. The summed E-state index contributed by atoms with van der Waals surface area (Å²) in [7, 11) is -2.11. The highest BCUT2D eigenvalue weighted by molar-refractivity contribution is 7.89. The number of fused-ring (bicyclic) bond motifs is 1. The topological polar surface area (TPSA) is 120 Å². The van der Waals surface area contributed by atoms with Crippen molar-refractivity contribution in [3.8, 4) is 28.3 Å². The maximum Gasteiger partial charge on any atom is 0.238 e. The smallest absolute Gasteiger partial charge is 0.238 e. The van der Waals surface area contributed by atoms with Gasteiger partial charge in [-0.1, -0.05) is 18.2 Å². The molecule has 1 fully saturated rings. The fourth-order valence-electron chi connectivity index (χ4n) is 4.31. The van der Waals surface area contributed by atoms with Crippen molar-refractivity contribution in [2.24, 2.45) is 5.14 Å². The molecule has 0 unspecified atom stereocenters. The molecule has 0 aliphatic carbocycles. The van der Waals surface area contributed by atoms with Crippen LogP contribution in [0.25, 0.3) is 33.4 Å². The molecule has 9 nitrogen and oxygen atoms in total. The first-order valence-corrected chi connectivity index (χ1v) is 13.6. The quantitative estimate of drug-likeness (QED) is 0.364. The van der Waals surface area contributed by atoms with E-state index >= 15 is 0 Å². The number of sulfonamides is 1. The summed E-state index contributed by atoms with van der Waals surface area (Å²) in [5.74, 6) is 2.13. The molecule has 0 saturated carbocycles. The van der Waals surface area contributed by atoms with Gasteiger partial charge in [-0.25, -0.2) is 23.5 Å². The summed E-state index contributed by atoms with van der Waals surface area (Å²) >= 11 is 0. The molecule has 0 spiro atoms. The van der Waals surface area contributed by atoms with Crippen LogP contribution in [0, 0.1) is 0 Å². The number of primary sulfonamides is 1. The van der Waals surface area contributed by atoms with E-state index in [-0.39, 0.29) is 4.90 Å². The Hall–Kier alpha value is -3.57. The molecule has 3 aromatic carbocycles. The van der Waals surface area contributed by atoms with Crippen LogP contribution >= 0.6 is 0 Å². The lowest BCUT2D eigenvalue weighted by Crippen LogP contribution is -2.39. The number of aromatic nitrogens is 2. The molecule has 1 aliphatic heterocycles. The summed E-state index contributed by atoms with van der Waals surface area (Å²) in [6.07, 6.45) is 0. The molecule has 2 heterocycles. The van der Waals surface area contributed by atoms with Crippen LogP contribution in [0.1, 0.15) is 0 Å². The highest BCUT2D eigenvalue weighted by Crippen LogP contribution is 2.30. The molecular formula is C27H29N5O4S. The van der Waals surface area contributed by atoms with Gasteiger partial charge in [0, 0.05) is 37.1 Å². The van der Waals surface area contributed by atoms with Crippen molar-refractivity contribution in [2.75, 3.05) is 51.8 Å². The predicted molar refractivity (Wildman–Crippen MR) is 144 cm³/mol. The number of morpholine rings is 1. The first-order valence-electron chi connectivity index (χ1n) is 12.0. The van der Waals surface area contributed by atoms with E-state index in [1.54, 1.807) is 19.2 Å². The van der Waals surface area contributed by atoms with E-state index in [0.29, 0.717) is 5.82 Å². The second kappa shape index (κ2) is 10.8. The molecule has 4 aromatic rings. The summed E-state index contributed by atoms with van der Waals surface area (Å²) in [4.78, 5) is 12.2. The highest BCUT2D eigenvalue weighted by atomic mass is 32.2. The predicted octanol–water partition coefficient (Wildman–Crippen LogP) is 3.36. The standard InChI is InChI=1S/C27H29N5O4S/c1-35-22-7-2-20(3-8-22)26-30-25-18-21(19-4-9-23(10-5-19)37(28,33)34)6-11-24(25)27(31-26)29-12-13-32-14-16-36-17-15-32/h2-11,18H,12-17H2,1H3,(H2,28,33,34)(H,29,30,31). The third kappa shape index (κ3) is 5.89. The van der Waals surface area contributed by atoms with Crippen LogP contribution in [0.3, 0.4) is 0 Å². The van der Waals surface area contributed by atoms with E-state index in [9.17, 15) is 8.42 Å². The van der Waals surface area contributed by atoms with Gasteiger partial charge in [-0.05, 0) is 59.7 Å². The van der Waals surface area contributed by atoms with Gasteiger partial charge in [0.25, 0.3) is 0 Å². The lowest BCUT2D eigenvalue weighted by Gasteiger charge is -2.26. The third-order valence-electron chi connectivity index (χ3n) is 6.39. The minimum atomic E-state index is -3.75. The van der Waals surface area contributed by atoms with Gasteiger partial charge >= 0.3 is 0 Å². The second-order valence-corrected chi connectivity index (χ2v) is 10.4. The molecule has 1 saturated heterocycles. The van der Waals surface area contributed by atoms with Crippen molar-refractivity contribution in [1.82, 2.24) is 14.9 Å². The van der Waals surface area contributed by atoms with Crippen LogP contribution < -0.4 is 15.2 Å². The lowest BCUT2D eigenvalue weighted by atomic mass is 10.0. The molecule has 0 amide bonds. The Morgan fingerprint density at radius 3 is 2.30 bits per heavy atom. The Morgan fingerprint density at radius 1 is 0.946 bits per heavy atom. The lowest BCUT2D eigenvalue weighted by molar-refractivity contribution is 0.0398. The molecule has 5 rings (SSSR count). The van der Waals surface area contributed by atoms with Gasteiger partial charge in [-0.2, -0.15) is 0 Å². The largest absolute Gasteiger partial charge is 0.497 e. The van der Waals surface area contributed by atoms with E-state index in [1.165, 1.54) is 12.1 Å². The van der Waals surface area contributed by atoms with Gasteiger partial charge in [-0.3, -0.25) is 4.90 Å². The van der Waals surface area contributed by atoms with Crippen LogP contribution in [0.5, 0.6) is 5.75 Å². The Kier molecular flexibility index (Phi) is 7.33. The number of benzene rings is 3. The summed E-state index contributed by atoms with van der Waals surface area (Å²) in [5.41, 5.74) is 3.43. The van der Waals surface area contributed by atoms with Gasteiger partial charge in [-0.15, -0.1) is 0 Å². The van der Waals surface area contributed by atoms with E-state index in [4.69, 9.17) is 24.6 Å². The first kappa shape index (κ1) is 25.1. The molecule has 1 aliphatic rings. The summed E-state index contributed by atoms with van der Waals surface area (Å²) in [6.45, 7) is 5.01. The molecular weight excluding hydrogens is 490 g/mol. The number of ether oxygens (including phenoxy) is 2. The summed E-state index contributed by atoms with van der Waals surface area (Å²) < 4.78 is 34.0. The van der Waals surface area contributed by atoms with E-state index in [0.717, 1.165) is 78.6 Å². The normalized spacial score (nSPS) is 14.5. The minimum Gasteiger partial charge on any atom is -0.497 e. The van der Waals surface area contributed by atoms with Crippen LogP contribution in [0.4, 0.5) is 5.82 Å². The number of nitrogens with zero attached hydrogens (tertiary/aromatic N) is 3. The molecule has 37 heavy (non-hydrogen) atoms. The van der Waals surface area contributed by atoms with Crippen molar-refractivity contribution in [2.45, 2.75) is 4.90 Å². The molecule has 0 atom stereocenters. The van der Waals surface area contributed by atoms with Crippen molar-refractivity contribution in [3.05, 3.63) is 66.7 Å². The zero-order valence-electron chi connectivity index (χ0n) is 20.6. The highest BCUT2D eigenvalue weighted by Gasteiger charge is 2.14. The van der Waals surface area contributed by atoms with E-state index in [1.807, 2.05) is 42.5 Å². The third-order valence-corrected chi connectivity index (χ3v) is 7.31. The van der Waals surface area contributed by atoms with Crippen LogP contribution in [-0.4, -0.2) is 69.8 Å². The minimum absolute atomic E-state index is 0.0768. The van der Waals surface area contributed by atoms with Crippen molar-refractivity contribution in [3.63, 3.8) is 0 Å². The maximum atomic E-state index is 11.6. The number of hydrogen-bond acceptors (Lipinski definition) is 8. The number of nitrogens with one attached hydrogen (secondary N) is 1. The van der Waals surface area contributed by atoms with Gasteiger partial charge in [0.05, 0.1) is 30.7 Å². The zero-order chi connectivity index (χ0) is 25.8. The number of anilines is 1. The Labute approximate surface area is 216 Å². The zero-order valence-corrected chi connectivity index (χ0v) is 21.4. The number of rotatable bonds is 8.